The van der Waals surface area contributed by atoms with Crippen molar-refractivity contribution < 1.29 is 9.47 Å². The van der Waals surface area contributed by atoms with E-state index in [-0.39, 0.29) is 6.10 Å². The Morgan fingerprint density at radius 1 is 1.39 bits per heavy atom. The van der Waals surface area contributed by atoms with Crippen LogP contribution in [0.1, 0.15) is 41.5 Å². The Morgan fingerprint density at radius 3 is 2.78 bits per heavy atom. The Hall–Kier alpha value is -0.420. The molecule has 0 radical (unpaired) electrons. The highest BCUT2D eigenvalue weighted by atomic mass is 32.1. The van der Waals surface area contributed by atoms with Crippen molar-refractivity contribution in [3.8, 4) is 0 Å². The summed E-state index contributed by atoms with van der Waals surface area (Å²) in [5.74, 6) is 0. The van der Waals surface area contributed by atoms with Crippen LogP contribution in [-0.4, -0.2) is 25.9 Å². The van der Waals surface area contributed by atoms with Gasteiger partial charge in [-0.2, -0.15) is 0 Å². The highest BCUT2D eigenvalue weighted by molar-refractivity contribution is 7.12. The number of rotatable bonds is 5. The summed E-state index contributed by atoms with van der Waals surface area (Å²) in [4.78, 5) is 2.56. The lowest BCUT2D eigenvalue weighted by molar-refractivity contribution is -0.0622. The predicted molar refractivity (Wildman–Crippen MR) is 75.0 cm³/mol. The van der Waals surface area contributed by atoms with Gasteiger partial charge in [0.05, 0.1) is 12.2 Å². The summed E-state index contributed by atoms with van der Waals surface area (Å²) in [6.45, 7) is 2.66. The van der Waals surface area contributed by atoms with Gasteiger partial charge >= 0.3 is 0 Å². The molecule has 1 heterocycles. The molecule has 1 aliphatic carbocycles. The molecular formula is C14H23NO2S. The Bertz CT molecular complexity index is 366. The zero-order chi connectivity index (χ0) is 13.0. The molecule has 1 fully saturated rings. The van der Waals surface area contributed by atoms with E-state index in [0.29, 0.717) is 18.8 Å². The number of aryl methyl sites for hydroxylation is 1. The normalized spacial score (nSPS) is 26.2. The van der Waals surface area contributed by atoms with Crippen molar-refractivity contribution in [3.63, 3.8) is 0 Å². The molecule has 1 aliphatic rings. The maximum atomic E-state index is 6.18. The summed E-state index contributed by atoms with van der Waals surface area (Å²) in [5, 5.41) is 0. The van der Waals surface area contributed by atoms with Crippen LogP contribution in [0.5, 0.6) is 0 Å². The van der Waals surface area contributed by atoms with Crippen molar-refractivity contribution >= 4 is 11.3 Å². The van der Waals surface area contributed by atoms with E-state index >= 15 is 0 Å². The largest absolute Gasteiger partial charge is 0.381 e. The zero-order valence-electron chi connectivity index (χ0n) is 11.2. The minimum atomic E-state index is 0.0457. The third-order valence-corrected chi connectivity index (χ3v) is 4.65. The number of ether oxygens (including phenoxy) is 2. The van der Waals surface area contributed by atoms with E-state index in [9.17, 15) is 0 Å². The molecule has 1 aromatic heterocycles. The second-order valence-electron chi connectivity index (χ2n) is 4.96. The van der Waals surface area contributed by atoms with Crippen LogP contribution in [0.2, 0.25) is 0 Å². The van der Waals surface area contributed by atoms with E-state index in [1.165, 1.54) is 16.2 Å². The fraction of sp³-hybridized carbons (Fsp3) is 0.714. The Morgan fingerprint density at radius 2 is 2.17 bits per heavy atom. The molecule has 102 valence electrons. The lowest BCUT2D eigenvalue weighted by Gasteiger charge is -2.30. The highest BCUT2D eigenvalue weighted by Gasteiger charge is 2.25. The SMILES string of the molecule is COC1CCCC(OC(CN)c2ccc(C)s2)C1. The first kappa shape index (κ1) is 14.0. The predicted octanol–water partition coefficient (Wildman–Crippen LogP) is 3.03. The van der Waals surface area contributed by atoms with Crippen molar-refractivity contribution in [2.45, 2.75) is 50.9 Å². The monoisotopic (exact) mass is 269 g/mol. The topological polar surface area (TPSA) is 44.5 Å². The van der Waals surface area contributed by atoms with Gasteiger partial charge in [0.25, 0.3) is 0 Å². The molecule has 0 spiro atoms. The second kappa shape index (κ2) is 6.66. The average molecular weight is 269 g/mol. The number of nitrogens with two attached hydrogens (primary N) is 1. The molecule has 2 rings (SSSR count). The van der Waals surface area contributed by atoms with Crippen molar-refractivity contribution in [2.75, 3.05) is 13.7 Å². The van der Waals surface area contributed by atoms with Gasteiger partial charge in [-0.1, -0.05) is 0 Å². The maximum Gasteiger partial charge on any atom is 0.104 e. The average Bonchev–Trinajstić information content (AvgIpc) is 2.82. The smallest absolute Gasteiger partial charge is 0.104 e. The third-order valence-electron chi connectivity index (χ3n) is 3.56. The standard InChI is InChI=1S/C14H23NO2S/c1-10-6-7-14(18-10)13(9-15)17-12-5-3-4-11(8-12)16-2/h6-7,11-13H,3-5,8-9,15H2,1-2H3. The van der Waals surface area contributed by atoms with Crippen LogP contribution >= 0.6 is 11.3 Å². The molecule has 3 nitrogen and oxygen atoms in total. The Labute approximate surface area is 113 Å². The molecule has 3 atom stereocenters. The molecule has 0 bridgehead atoms. The quantitative estimate of drug-likeness (QED) is 0.893. The molecule has 1 aromatic rings. The van der Waals surface area contributed by atoms with Crippen molar-refractivity contribution in [1.29, 1.82) is 0 Å². The third kappa shape index (κ3) is 3.54. The van der Waals surface area contributed by atoms with E-state index in [1.54, 1.807) is 18.4 Å². The first-order valence-electron chi connectivity index (χ1n) is 6.67. The summed E-state index contributed by atoms with van der Waals surface area (Å²) in [5.41, 5.74) is 5.85. The molecule has 0 aromatic carbocycles. The van der Waals surface area contributed by atoms with Crippen LogP contribution in [0, 0.1) is 6.92 Å². The van der Waals surface area contributed by atoms with Crippen LogP contribution in [0.15, 0.2) is 12.1 Å². The van der Waals surface area contributed by atoms with Gasteiger partial charge in [-0.05, 0) is 44.7 Å². The van der Waals surface area contributed by atoms with Crippen LogP contribution < -0.4 is 5.73 Å². The van der Waals surface area contributed by atoms with Crippen LogP contribution in [0.25, 0.3) is 0 Å². The van der Waals surface area contributed by atoms with Gasteiger partial charge in [0, 0.05) is 23.4 Å². The van der Waals surface area contributed by atoms with Crippen LogP contribution in [0.4, 0.5) is 0 Å². The minimum Gasteiger partial charge on any atom is -0.381 e. The van der Waals surface area contributed by atoms with Gasteiger partial charge < -0.3 is 15.2 Å². The summed E-state index contributed by atoms with van der Waals surface area (Å²) in [6.07, 6.45) is 5.15. The van der Waals surface area contributed by atoms with Crippen LogP contribution in [-0.2, 0) is 9.47 Å². The van der Waals surface area contributed by atoms with Crippen molar-refractivity contribution in [2.24, 2.45) is 5.73 Å². The van der Waals surface area contributed by atoms with Crippen molar-refractivity contribution in [1.82, 2.24) is 0 Å². The summed E-state index contributed by atoms with van der Waals surface area (Å²) >= 11 is 1.78. The summed E-state index contributed by atoms with van der Waals surface area (Å²) in [6, 6.07) is 4.26. The van der Waals surface area contributed by atoms with E-state index < -0.39 is 0 Å². The number of hydrogen-bond donors (Lipinski definition) is 1. The fourth-order valence-electron chi connectivity index (χ4n) is 2.54. The first-order valence-corrected chi connectivity index (χ1v) is 7.49. The maximum absolute atomic E-state index is 6.18. The molecule has 0 aliphatic heterocycles. The van der Waals surface area contributed by atoms with E-state index in [2.05, 4.69) is 19.1 Å². The molecule has 0 amide bonds. The lowest BCUT2D eigenvalue weighted by Crippen LogP contribution is -2.30. The number of methoxy groups -OCH3 is 1. The second-order valence-corrected chi connectivity index (χ2v) is 6.27. The summed E-state index contributed by atoms with van der Waals surface area (Å²) in [7, 11) is 1.79. The van der Waals surface area contributed by atoms with E-state index in [4.69, 9.17) is 15.2 Å². The molecule has 0 saturated heterocycles. The lowest BCUT2D eigenvalue weighted by atomic mass is 9.94. The minimum absolute atomic E-state index is 0.0457. The first-order chi connectivity index (χ1) is 8.72. The van der Waals surface area contributed by atoms with Gasteiger partial charge in [0.1, 0.15) is 6.10 Å². The van der Waals surface area contributed by atoms with Gasteiger partial charge in [-0.15, -0.1) is 11.3 Å². The molecule has 4 heteroatoms. The molecule has 1 saturated carbocycles. The zero-order valence-corrected chi connectivity index (χ0v) is 12.0. The van der Waals surface area contributed by atoms with Gasteiger partial charge in [0.15, 0.2) is 0 Å². The van der Waals surface area contributed by atoms with Crippen molar-refractivity contribution in [3.05, 3.63) is 21.9 Å². The molecule has 3 unspecified atom stereocenters. The molecule has 18 heavy (non-hydrogen) atoms. The number of hydrogen-bond acceptors (Lipinski definition) is 4. The molecular weight excluding hydrogens is 246 g/mol. The van der Waals surface area contributed by atoms with E-state index in [0.717, 1.165) is 19.3 Å². The highest BCUT2D eigenvalue weighted by Crippen LogP contribution is 2.30. The van der Waals surface area contributed by atoms with Crippen LogP contribution in [0.3, 0.4) is 0 Å². The summed E-state index contributed by atoms with van der Waals surface area (Å²) < 4.78 is 11.6. The fourth-order valence-corrected chi connectivity index (χ4v) is 3.46. The number of thiophene rings is 1. The van der Waals surface area contributed by atoms with Gasteiger partial charge in [-0.25, -0.2) is 0 Å². The van der Waals surface area contributed by atoms with Gasteiger partial charge in [-0.3, -0.25) is 0 Å². The van der Waals surface area contributed by atoms with E-state index in [1.807, 2.05) is 0 Å². The Balaban J connectivity index is 1.93. The van der Waals surface area contributed by atoms with Gasteiger partial charge in [0.2, 0.25) is 0 Å². The molecule has 2 N–H and O–H groups in total. The Kier molecular flexibility index (Phi) is 5.18.